The van der Waals surface area contributed by atoms with Crippen LogP contribution in [0.15, 0.2) is 48.7 Å². The molecule has 0 aliphatic carbocycles. The number of nitrogens with zero attached hydrogens (tertiary/aromatic N) is 1. The summed E-state index contributed by atoms with van der Waals surface area (Å²) < 4.78 is 16.8. The highest BCUT2D eigenvalue weighted by atomic mass is 16.6. The Morgan fingerprint density at radius 3 is 2.17 bits per heavy atom. The molecule has 0 amide bonds. The number of ether oxygens (including phenoxy) is 3. The fourth-order valence-corrected chi connectivity index (χ4v) is 3.30. The predicted octanol–water partition coefficient (Wildman–Crippen LogP) is 2.84. The number of carbonyl (C=O) groups excluding carboxylic acids is 3. The van der Waals surface area contributed by atoms with Crippen molar-refractivity contribution in [1.29, 1.82) is 0 Å². The Bertz CT molecular complexity index is 1110. The summed E-state index contributed by atoms with van der Waals surface area (Å²) in [5, 5.41) is 0.663. The average molecular weight is 393 g/mol. The Balaban J connectivity index is 1.77. The fourth-order valence-electron chi connectivity index (χ4n) is 3.30. The molecule has 1 unspecified atom stereocenters. The molecule has 29 heavy (non-hydrogen) atoms. The van der Waals surface area contributed by atoms with Gasteiger partial charge in [-0.25, -0.2) is 9.59 Å². The number of ketones is 1. The lowest BCUT2D eigenvalue weighted by Crippen LogP contribution is -2.05. The molecule has 7 nitrogen and oxygen atoms in total. The second-order valence-electron chi connectivity index (χ2n) is 6.77. The predicted molar refractivity (Wildman–Crippen MR) is 104 cm³/mol. The van der Waals surface area contributed by atoms with Gasteiger partial charge in [-0.1, -0.05) is 12.1 Å². The maximum atomic E-state index is 13.2. The van der Waals surface area contributed by atoms with E-state index in [9.17, 15) is 14.4 Å². The van der Waals surface area contributed by atoms with Gasteiger partial charge in [0.1, 0.15) is 0 Å². The van der Waals surface area contributed by atoms with E-state index in [0.717, 1.165) is 5.52 Å². The molecule has 0 saturated carbocycles. The molecule has 1 fully saturated rings. The number of esters is 2. The molecule has 4 rings (SSSR count). The molecular weight excluding hydrogens is 374 g/mol. The van der Waals surface area contributed by atoms with Crippen LogP contribution in [0.3, 0.4) is 0 Å². The minimum Gasteiger partial charge on any atom is -0.465 e. The van der Waals surface area contributed by atoms with E-state index in [4.69, 9.17) is 9.47 Å². The highest BCUT2D eigenvalue weighted by Crippen LogP contribution is 2.27. The largest absolute Gasteiger partial charge is 0.465 e. The molecule has 0 bridgehead atoms. The van der Waals surface area contributed by atoms with E-state index in [1.54, 1.807) is 48.7 Å². The van der Waals surface area contributed by atoms with E-state index in [-0.39, 0.29) is 11.9 Å². The first kappa shape index (κ1) is 18.9. The van der Waals surface area contributed by atoms with Gasteiger partial charge in [0.05, 0.1) is 44.6 Å². The molecule has 1 aromatic heterocycles. The molecule has 1 aliphatic rings. The van der Waals surface area contributed by atoms with Gasteiger partial charge >= 0.3 is 11.9 Å². The first-order valence-corrected chi connectivity index (χ1v) is 9.07. The van der Waals surface area contributed by atoms with Crippen molar-refractivity contribution in [1.82, 2.24) is 4.57 Å². The van der Waals surface area contributed by atoms with Crippen molar-refractivity contribution in [2.24, 2.45) is 0 Å². The van der Waals surface area contributed by atoms with Crippen LogP contribution in [0.1, 0.15) is 36.6 Å². The molecule has 0 radical (unpaired) electrons. The number of hydrogen-bond acceptors (Lipinski definition) is 6. The van der Waals surface area contributed by atoms with Gasteiger partial charge in [-0.05, 0) is 30.3 Å². The van der Waals surface area contributed by atoms with Gasteiger partial charge in [-0.3, -0.25) is 4.79 Å². The van der Waals surface area contributed by atoms with Gasteiger partial charge in [0.15, 0.2) is 5.78 Å². The molecule has 1 atom stereocenters. The number of benzene rings is 2. The lowest BCUT2D eigenvalue weighted by molar-refractivity contribution is 0.0592. The topological polar surface area (TPSA) is 87.1 Å². The molecule has 2 heterocycles. The molecule has 2 aromatic carbocycles. The monoisotopic (exact) mass is 393 g/mol. The Kier molecular flexibility index (Phi) is 4.90. The van der Waals surface area contributed by atoms with Gasteiger partial charge in [0, 0.05) is 28.2 Å². The van der Waals surface area contributed by atoms with E-state index >= 15 is 0 Å². The zero-order valence-electron chi connectivity index (χ0n) is 16.0. The summed E-state index contributed by atoms with van der Waals surface area (Å²) in [6.45, 7) is 1.32. The van der Waals surface area contributed by atoms with Gasteiger partial charge in [-0.15, -0.1) is 0 Å². The van der Waals surface area contributed by atoms with Crippen LogP contribution in [-0.2, 0) is 20.8 Å². The van der Waals surface area contributed by atoms with Crippen LogP contribution >= 0.6 is 0 Å². The van der Waals surface area contributed by atoms with Gasteiger partial charge < -0.3 is 18.8 Å². The third-order valence-corrected chi connectivity index (χ3v) is 4.92. The first-order chi connectivity index (χ1) is 14.0. The molecular formula is C22H19NO6. The first-order valence-electron chi connectivity index (χ1n) is 9.07. The van der Waals surface area contributed by atoms with Crippen LogP contribution in [0.2, 0.25) is 0 Å². The van der Waals surface area contributed by atoms with Crippen molar-refractivity contribution >= 4 is 28.6 Å². The zero-order chi connectivity index (χ0) is 20.5. The van der Waals surface area contributed by atoms with E-state index in [1.165, 1.54) is 14.2 Å². The van der Waals surface area contributed by atoms with Crippen LogP contribution in [0.25, 0.3) is 10.9 Å². The normalized spacial score (nSPS) is 15.2. The number of aromatic nitrogens is 1. The van der Waals surface area contributed by atoms with Crippen LogP contribution in [0, 0.1) is 0 Å². The lowest BCUT2D eigenvalue weighted by Gasteiger charge is -2.04. The van der Waals surface area contributed by atoms with Crippen molar-refractivity contribution in [2.75, 3.05) is 20.8 Å². The fraction of sp³-hybridized carbons (Fsp3) is 0.227. The van der Waals surface area contributed by atoms with Crippen molar-refractivity contribution in [3.8, 4) is 0 Å². The van der Waals surface area contributed by atoms with Gasteiger partial charge in [-0.2, -0.15) is 0 Å². The van der Waals surface area contributed by atoms with E-state index in [0.29, 0.717) is 40.8 Å². The molecule has 1 saturated heterocycles. The second-order valence-corrected chi connectivity index (χ2v) is 6.77. The van der Waals surface area contributed by atoms with E-state index < -0.39 is 11.9 Å². The SMILES string of the molecule is COC(=O)c1ccc(C(=O)c2cn(CC3CO3)c3ccc(C(=O)OC)cc23)cc1. The summed E-state index contributed by atoms with van der Waals surface area (Å²) in [6, 6.07) is 11.4. The lowest BCUT2D eigenvalue weighted by atomic mass is 10.0. The minimum absolute atomic E-state index is 0.133. The van der Waals surface area contributed by atoms with Crippen molar-refractivity contribution in [3.63, 3.8) is 0 Å². The summed E-state index contributed by atoms with van der Waals surface area (Å²) in [4.78, 5) is 36.8. The van der Waals surface area contributed by atoms with Crippen LogP contribution in [0.4, 0.5) is 0 Å². The van der Waals surface area contributed by atoms with Crippen LogP contribution < -0.4 is 0 Å². The minimum atomic E-state index is -0.467. The summed E-state index contributed by atoms with van der Waals surface area (Å²) in [6.07, 6.45) is 1.91. The Labute approximate surface area is 166 Å². The Hall–Kier alpha value is -3.45. The summed E-state index contributed by atoms with van der Waals surface area (Å²) in [5.41, 5.74) is 2.48. The smallest absolute Gasteiger partial charge is 0.337 e. The summed E-state index contributed by atoms with van der Waals surface area (Å²) in [7, 11) is 2.62. The zero-order valence-corrected chi connectivity index (χ0v) is 16.0. The highest BCUT2D eigenvalue weighted by molar-refractivity contribution is 6.17. The highest BCUT2D eigenvalue weighted by Gasteiger charge is 2.26. The standard InChI is InChI=1S/C22H19NO6/c1-27-21(25)14-5-3-13(4-6-14)20(24)18-11-23(10-16-12-29-16)19-8-7-15(9-17(18)19)22(26)28-2/h3-9,11,16H,10,12H2,1-2H3. The van der Waals surface area contributed by atoms with Crippen molar-refractivity contribution < 1.29 is 28.6 Å². The van der Waals surface area contributed by atoms with E-state index in [1.807, 2.05) is 4.57 Å². The van der Waals surface area contributed by atoms with Crippen LogP contribution in [-0.4, -0.2) is 49.2 Å². The number of methoxy groups -OCH3 is 2. The van der Waals surface area contributed by atoms with Crippen molar-refractivity contribution in [2.45, 2.75) is 12.6 Å². The maximum Gasteiger partial charge on any atom is 0.337 e. The van der Waals surface area contributed by atoms with E-state index in [2.05, 4.69) is 4.74 Å². The number of fused-ring (bicyclic) bond motifs is 1. The number of hydrogen-bond donors (Lipinski definition) is 0. The molecule has 3 aromatic rings. The summed E-state index contributed by atoms with van der Waals surface area (Å²) in [5.74, 6) is -1.14. The van der Waals surface area contributed by atoms with Crippen LogP contribution in [0.5, 0.6) is 0 Å². The maximum absolute atomic E-state index is 13.2. The number of carbonyl (C=O) groups is 3. The van der Waals surface area contributed by atoms with Gasteiger partial charge in [0.25, 0.3) is 0 Å². The van der Waals surface area contributed by atoms with Gasteiger partial charge in [0.2, 0.25) is 0 Å². The average Bonchev–Trinajstić information content (AvgIpc) is 3.51. The molecule has 1 aliphatic heterocycles. The summed E-state index contributed by atoms with van der Waals surface area (Å²) >= 11 is 0. The molecule has 7 heteroatoms. The molecule has 0 N–H and O–H groups in total. The van der Waals surface area contributed by atoms with Crippen molar-refractivity contribution in [3.05, 3.63) is 70.9 Å². The third kappa shape index (κ3) is 3.64. The molecule has 0 spiro atoms. The Morgan fingerprint density at radius 1 is 0.966 bits per heavy atom. The third-order valence-electron chi connectivity index (χ3n) is 4.92. The number of epoxide rings is 1. The quantitative estimate of drug-likeness (QED) is 0.364. The number of rotatable bonds is 6. The Morgan fingerprint density at radius 2 is 1.55 bits per heavy atom. The second kappa shape index (κ2) is 7.52. The molecule has 148 valence electrons.